The Hall–Kier alpha value is -0.800. The number of ether oxygens (including phenoxy) is 1. The summed E-state index contributed by atoms with van der Waals surface area (Å²) in [6, 6.07) is 0. The third-order valence-corrected chi connectivity index (χ3v) is 2.45. The van der Waals surface area contributed by atoms with E-state index < -0.39 is 37.1 Å². The van der Waals surface area contributed by atoms with Gasteiger partial charge in [0.25, 0.3) is 0 Å². The lowest BCUT2D eigenvalue weighted by atomic mass is 9.95. The van der Waals surface area contributed by atoms with E-state index in [9.17, 15) is 20.5 Å². The van der Waals surface area contributed by atoms with Crippen LogP contribution in [0.5, 0.6) is 0 Å². The normalized spacial score (nSPS) is 41.1. The van der Waals surface area contributed by atoms with Gasteiger partial charge in [0.1, 0.15) is 37.1 Å². The molecule has 5 atom stereocenters. The first-order chi connectivity index (χ1) is 7.47. The van der Waals surface area contributed by atoms with Crippen molar-refractivity contribution in [3.05, 3.63) is 5.21 Å². The van der Waals surface area contributed by atoms with E-state index in [1.54, 1.807) is 0 Å². The van der Waals surface area contributed by atoms with Crippen LogP contribution in [0.1, 0.15) is 0 Å². The Balaban J connectivity index is 2.67. The van der Waals surface area contributed by atoms with Gasteiger partial charge in [0.05, 0.1) is 6.61 Å². The maximum Gasteiger partial charge on any atom is 0.171 e. The molecule has 0 bridgehead atoms. The second kappa shape index (κ2) is 5.51. The lowest BCUT2D eigenvalue weighted by molar-refractivity contribution is -0.500. The van der Waals surface area contributed by atoms with Crippen molar-refractivity contribution < 1.29 is 30.0 Å². The molecule has 0 spiro atoms. The van der Waals surface area contributed by atoms with Crippen molar-refractivity contribution in [2.45, 2.75) is 30.5 Å². The van der Waals surface area contributed by atoms with Crippen LogP contribution >= 0.6 is 0 Å². The summed E-state index contributed by atoms with van der Waals surface area (Å²) in [4.78, 5) is 0.307. The van der Waals surface area contributed by atoms with E-state index in [-0.39, 0.29) is 6.54 Å². The van der Waals surface area contributed by atoms with Crippen LogP contribution in [-0.4, -0.2) is 76.0 Å². The number of rotatable bonds is 3. The van der Waals surface area contributed by atoms with Crippen LogP contribution < -0.4 is 0 Å². The third-order valence-electron chi connectivity index (χ3n) is 2.45. The first kappa shape index (κ1) is 13.3. The van der Waals surface area contributed by atoms with Crippen molar-refractivity contribution in [3.63, 3.8) is 0 Å². The summed E-state index contributed by atoms with van der Waals surface area (Å²) in [6.45, 7) is -0.643. The molecule has 1 rings (SSSR count). The smallest absolute Gasteiger partial charge is 0.171 e. The van der Waals surface area contributed by atoms with Gasteiger partial charge in [0, 0.05) is 0 Å². The number of nitrogens with zero attached hydrogens (tertiary/aromatic N) is 2. The summed E-state index contributed by atoms with van der Waals surface area (Å²) in [6.07, 6.45) is -6.05. The van der Waals surface area contributed by atoms with E-state index in [0.29, 0.717) is 4.86 Å². The molecule has 0 aromatic carbocycles. The minimum Gasteiger partial charge on any atom is -0.600 e. The summed E-state index contributed by atoms with van der Waals surface area (Å²) < 4.78 is 5.11. The molecule has 8 nitrogen and oxygen atoms in total. The van der Waals surface area contributed by atoms with Crippen molar-refractivity contribution in [2.24, 2.45) is 5.11 Å². The van der Waals surface area contributed by atoms with Gasteiger partial charge in [-0.1, -0.05) is 0 Å². The quantitative estimate of drug-likeness (QED) is 0.242. The van der Waals surface area contributed by atoms with Gasteiger partial charge in [-0.15, -0.1) is 4.86 Å². The Kier molecular flexibility index (Phi) is 4.56. The van der Waals surface area contributed by atoms with Gasteiger partial charge in [0.15, 0.2) is 7.05 Å². The van der Waals surface area contributed by atoms with E-state index >= 15 is 0 Å². The fraction of sp³-hybridized carbons (Fsp3) is 1.00. The van der Waals surface area contributed by atoms with E-state index in [1.165, 1.54) is 7.05 Å². The summed E-state index contributed by atoms with van der Waals surface area (Å²) >= 11 is 0. The highest BCUT2D eigenvalue weighted by Gasteiger charge is 2.43. The summed E-state index contributed by atoms with van der Waals surface area (Å²) in [5.41, 5.74) is 0. The number of aliphatic hydroxyl groups is 4. The molecule has 8 heteroatoms. The largest absolute Gasteiger partial charge is 0.600 e. The van der Waals surface area contributed by atoms with Gasteiger partial charge in [-0.2, -0.15) is 0 Å². The minimum atomic E-state index is -1.43. The van der Waals surface area contributed by atoms with Gasteiger partial charge in [-0.05, 0) is 5.11 Å². The van der Waals surface area contributed by atoms with Crippen LogP contribution in [0.3, 0.4) is 0 Å². The fourth-order valence-corrected chi connectivity index (χ4v) is 1.52. The molecule has 1 unspecified atom stereocenters. The molecule has 0 aromatic heterocycles. The van der Waals surface area contributed by atoms with Gasteiger partial charge < -0.3 is 30.4 Å². The topological polar surface area (TPSA) is 129 Å². The molecular weight excluding hydrogens is 220 g/mol. The van der Waals surface area contributed by atoms with Crippen molar-refractivity contribution in [3.8, 4) is 0 Å². The van der Waals surface area contributed by atoms with Crippen LogP contribution in [0.15, 0.2) is 5.11 Å². The second-order valence-corrected chi connectivity index (χ2v) is 3.66. The lowest BCUT2D eigenvalue weighted by Crippen LogP contribution is -2.59. The van der Waals surface area contributed by atoms with E-state index in [1.807, 2.05) is 0 Å². The molecule has 4 N–H and O–H groups in total. The highest BCUT2D eigenvalue weighted by molar-refractivity contribution is 4.92. The molecule has 1 saturated heterocycles. The molecule has 0 aliphatic carbocycles. The summed E-state index contributed by atoms with van der Waals surface area (Å²) in [5, 5.41) is 51.3. The Bertz CT molecular complexity index is 255. The van der Waals surface area contributed by atoms with E-state index in [4.69, 9.17) is 9.84 Å². The first-order valence-electron chi connectivity index (χ1n) is 4.86. The lowest BCUT2D eigenvalue weighted by Gasteiger charge is -2.39. The number of hydrogen-bond donors (Lipinski definition) is 4. The average Bonchev–Trinajstić information content (AvgIpc) is 2.25. The SMILES string of the molecule is C[N+]([O-])=NCC1O[C@H](CO)[C@@H](O)[C@H](O)[C@H]1O. The zero-order chi connectivity index (χ0) is 12.3. The van der Waals surface area contributed by atoms with Crippen molar-refractivity contribution >= 4 is 0 Å². The van der Waals surface area contributed by atoms with Gasteiger partial charge >= 0.3 is 0 Å². The van der Waals surface area contributed by atoms with Crippen LogP contribution in [0.2, 0.25) is 0 Å². The molecule has 0 amide bonds. The fourth-order valence-electron chi connectivity index (χ4n) is 1.52. The molecule has 16 heavy (non-hydrogen) atoms. The monoisotopic (exact) mass is 236 g/mol. The summed E-state index contributed by atoms with van der Waals surface area (Å²) in [7, 11) is 1.17. The number of hydroxylamine groups is 1. The van der Waals surface area contributed by atoms with Crippen molar-refractivity contribution in [2.75, 3.05) is 20.2 Å². The molecular formula is C8H16N2O6. The molecule has 1 fully saturated rings. The zero-order valence-corrected chi connectivity index (χ0v) is 8.80. The first-order valence-corrected chi connectivity index (χ1v) is 4.86. The standard InChI is InChI=1S/C8H16N2O6/c1-10(15)9-2-4-6(12)8(14)7(13)5(3-11)16-4/h4-8,11-14H,2-3H2,1H3/t4?,5-,6+,7-,8-/m1/s1. The predicted octanol–water partition coefficient (Wildman–Crippen LogP) is -2.58. The molecule has 0 aromatic rings. The van der Waals surface area contributed by atoms with E-state index in [2.05, 4.69) is 5.11 Å². The van der Waals surface area contributed by atoms with Gasteiger partial charge in [0.2, 0.25) is 0 Å². The Morgan fingerprint density at radius 1 is 1.19 bits per heavy atom. The molecule has 94 valence electrons. The minimum absolute atomic E-state index is 0.151. The molecule has 1 aliphatic heterocycles. The second-order valence-electron chi connectivity index (χ2n) is 3.66. The van der Waals surface area contributed by atoms with Crippen LogP contribution in [0, 0.1) is 5.21 Å². The van der Waals surface area contributed by atoms with E-state index in [0.717, 1.165) is 0 Å². The van der Waals surface area contributed by atoms with Crippen molar-refractivity contribution in [1.29, 1.82) is 0 Å². The Morgan fingerprint density at radius 2 is 1.75 bits per heavy atom. The number of hydrogen-bond acceptors (Lipinski definition) is 7. The molecule has 1 aliphatic rings. The van der Waals surface area contributed by atoms with Gasteiger partial charge in [-0.25, -0.2) is 0 Å². The van der Waals surface area contributed by atoms with Crippen LogP contribution in [-0.2, 0) is 4.74 Å². The maximum absolute atomic E-state index is 10.5. The highest BCUT2D eigenvalue weighted by atomic mass is 16.5. The van der Waals surface area contributed by atoms with Gasteiger partial charge in [-0.3, -0.25) is 0 Å². The van der Waals surface area contributed by atoms with Crippen molar-refractivity contribution in [1.82, 2.24) is 0 Å². The summed E-state index contributed by atoms with van der Waals surface area (Å²) in [5.74, 6) is 0. The molecule has 1 heterocycles. The average molecular weight is 236 g/mol. The third kappa shape index (κ3) is 2.86. The number of aliphatic hydroxyl groups excluding tert-OH is 4. The predicted molar refractivity (Wildman–Crippen MR) is 50.6 cm³/mol. The van der Waals surface area contributed by atoms with Crippen LogP contribution in [0.25, 0.3) is 0 Å². The Morgan fingerprint density at radius 3 is 2.25 bits per heavy atom. The Labute approximate surface area is 92.0 Å². The van der Waals surface area contributed by atoms with Crippen LogP contribution in [0.4, 0.5) is 0 Å². The highest BCUT2D eigenvalue weighted by Crippen LogP contribution is 2.21. The molecule has 0 radical (unpaired) electrons. The molecule has 0 saturated carbocycles. The maximum atomic E-state index is 10.5. The number of azo groups is 1. The zero-order valence-electron chi connectivity index (χ0n) is 8.80.